The third-order valence-electron chi connectivity index (χ3n) is 1.50. The lowest BCUT2D eigenvalue weighted by molar-refractivity contribution is -0.706. The maximum absolute atomic E-state index is 10.9. The van der Waals surface area contributed by atoms with Crippen LogP contribution >= 0.6 is 11.6 Å². The summed E-state index contributed by atoms with van der Waals surface area (Å²) in [6, 6.07) is -0.0907. The second kappa shape index (κ2) is 4.23. The molecule has 64 valence electrons. The molecule has 1 rings (SSSR count). The summed E-state index contributed by atoms with van der Waals surface area (Å²) in [5.41, 5.74) is 0. The Labute approximate surface area is 69.7 Å². The van der Waals surface area contributed by atoms with E-state index >= 15 is 0 Å². The van der Waals surface area contributed by atoms with Gasteiger partial charge in [-0.2, -0.15) is 0 Å². The highest BCUT2D eigenvalue weighted by molar-refractivity contribution is 6.17. The quantitative estimate of drug-likeness (QED) is 0.282. The zero-order chi connectivity index (χ0) is 8.10. The maximum atomic E-state index is 10.9. The molecule has 0 bridgehead atoms. The second-order valence-electron chi connectivity index (χ2n) is 2.23. The van der Waals surface area contributed by atoms with Gasteiger partial charge < -0.3 is 10.0 Å². The Morgan fingerprint density at radius 1 is 1.55 bits per heavy atom. The second-order valence-corrected chi connectivity index (χ2v) is 2.45. The summed E-state index contributed by atoms with van der Waals surface area (Å²) in [6.07, 6.45) is 2.07. The zero-order valence-electron chi connectivity index (χ0n) is 6.07. The summed E-state index contributed by atoms with van der Waals surface area (Å²) in [5, 5.41) is 15.7. The van der Waals surface area contributed by atoms with E-state index in [9.17, 15) is 5.21 Å². The minimum absolute atomic E-state index is 0.0907. The van der Waals surface area contributed by atoms with Gasteiger partial charge in [-0.05, 0) is 12.8 Å². The van der Waals surface area contributed by atoms with E-state index < -0.39 is 0 Å². The number of hydrogen-bond acceptors (Lipinski definition) is 3. The number of nitrogens with zero attached hydrogens (tertiary/aromatic N) is 3. The summed E-state index contributed by atoms with van der Waals surface area (Å²) in [4.78, 5) is 4.82. The van der Waals surface area contributed by atoms with Crippen molar-refractivity contribution in [2.45, 2.75) is 12.8 Å². The van der Waals surface area contributed by atoms with E-state index in [1.54, 1.807) is 5.01 Å². The van der Waals surface area contributed by atoms with E-state index in [1.807, 2.05) is 0 Å². The standard InChI is InChI=1S/C5H10ClN3O2/c6-5-11-7-9(10)8-3-1-2-4-8/h1-5H2. The molecule has 6 heteroatoms. The molecule has 0 amide bonds. The molecule has 5 nitrogen and oxygen atoms in total. The van der Waals surface area contributed by atoms with E-state index in [0.717, 1.165) is 25.9 Å². The maximum Gasteiger partial charge on any atom is 0.234 e. The predicted molar refractivity (Wildman–Crippen MR) is 38.7 cm³/mol. The van der Waals surface area contributed by atoms with E-state index in [0.29, 0.717) is 4.97 Å². The Bertz CT molecular complexity index is 147. The number of hydrogen-bond donors (Lipinski definition) is 0. The molecule has 11 heavy (non-hydrogen) atoms. The fourth-order valence-corrected chi connectivity index (χ4v) is 1.04. The molecule has 0 radical (unpaired) electrons. The molecule has 0 aromatic rings. The molecule has 0 aliphatic carbocycles. The van der Waals surface area contributed by atoms with Crippen LogP contribution < -0.4 is 0 Å². The van der Waals surface area contributed by atoms with Crippen molar-refractivity contribution in [3.05, 3.63) is 5.21 Å². The van der Waals surface area contributed by atoms with E-state index in [2.05, 4.69) is 10.1 Å². The van der Waals surface area contributed by atoms with Gasteiger partial charge in [-0.15, -0.1) is 5.01 Å². The highest BCUT2D eigenvalue weighted by Crippen LogP contribution is 2.07. The average molecular weight is 180 g/mol. The van der Waals surface area contributed by atoms with E-state index in [1.165, 1.54) is 0 Å². The van der Waals surface area contributed by atoms with Crippen molar-refractivity contribution in [2.75, 3.05) is 19.2 Å². The zero-order valence-corrected chi connectivity index (χ0v) is 6.83. The molecule has 1 heterocycles. The van der Waals surface area contributed by atoms with Crippen LogP contribution in [0.4, 0.5) is 0 Å². The SMILES string of the molecule is [O-][N+](=NOCCl)N1CCCC1. The van der Waals surface area contributed by atoms with Gasteiger partial charge in [0, 0.05) is 0 Å². The van der Waals surface area contributed by atoms with Crippen LogP contribution in [0.15, 0.2) is 5.28 Å². The predicted octanol–water partition coefficient (Wildman–Crippen LogP) is 1.09. The van der Waals surface area contributed by atoms with Crippen LogP contribution in [0.3, 0.4) is 0 Å². The Morgan fingerprint density at radius 3 is 2.73 bits per heavy atom. The molecule has 1 saturated heterocycles. The summed E-state index contributed by atoms with van der Waals surface area (Å²) in [6.45, 7) is 1.50. The summed E-state index contributed by atoms with van der Waals surface area (Å²) < 4.78 is 0. The highest BCUT2D eigenvalue weighted by atomic mass is 35.5. The van der Waals surface area contributed by atoms with Crippen LogP contribution in [0.25, 0.3) is 0 Å². The van der Waals surface area contributed by atoms with Crippen LogP contribution in [0.5, 0.6) is 0 Å². The molecule has 1 aliphatic heterocycles. The van der Waals surface area contributed by atoms with Crippen LogP contribution in [-0.2, 0) is 4.84 Å². The lowest BCUT2D eigenvalue weighted by Gasteiger charge is -2.09. The van der Waals surface area contributed by atoms with E-state index in [4.69, 9.17) is 11.6 Å². The van der Waals surface area contributed by atoms with Crippen molar-refractivity contribution in [1.29, 1.82) is 0 Å². The molecule has 1 aliphatic rings. The topological polar surface area (TPSA) is 50.9 Å². The average Bonchev–Trinajstić information content (AvgIpc) is 2.52. The third kappa shape index (κ3) is 2.42. The van der Waals surface area contributed by atoms with Gasteiger partial charge >= 0.3 is 0 Å². The molecule has 0 aromatic heterocycles. The number of halogens is 1. The first-order valence-electron chi connectivity index (χ1n) is 3.45. The molecule has 0 unspecified atom stereocenters. The molecule has 0 aromatic carbocycles. The first-order chi connectivity index (χ1) is 5.34. The summed E-state index contributed by atoms with van der Waals surface area (Å²) in [5.74, 6) is 0. The molecule has 0 saturated carbocycles. The van der Waals surface area contributed by atoms with Crippen molar-refractivity contribution >= 4 is 11.6 Å². The lowest BCUT2D eigenvalue weighted by Crippen LogP contribution is -2.27. The van der Waals surface area contributed by atoms with Gasteiger partial charge in [0.2, 0.25) is 5.28 Å². The minimum atomic E-state index is -0.0907. The molecule has 1 fully saturated rings. The Morgan fingerprint density at radius 2 is 2.18 bits per heavy atom. The van der Waals surface area contributed by atoms with E-state index in [-0.39, 0.29) is 6.07 Å². The largest absolute Gasteiger partial charge is 0.569 e. The number of alkyl halides is 1. The van der Waals surface area contributed by atoms with Crippen LogP contribution in [-0.4, -0.2) is 29.1 Å². The van der Waals surface area contributed by atoms with Crippen molar-refractivity contribution in [3.63, 3.8) is 0 Å². The molecular formula is C5H10ClN3O2. The molecular weight excluding hydrogens is 170 g/mol. The fourth-order valence-electron chi connectivity index (χ4n) is 0.994. The van der Waals surface area contributed by atoms with Gasteiger partial charge in [0.1, 0.15) is 0 Å². The van der Waals surface area contributed by atoms with Gasteiger partial charge in [-0.1, -0.05) is 11.6 Å². The Kier molecular flexibility index (Phi) is 3.22. The van der Waals surface area contributed by atoms with Crippen LogP contribution in [0.2, 0.25) is 0 Å². The number of rotatable bonds is 3. The fraction of sp³-hybridized carbons (Fsp3) is 1.00. The van der Waals surface area contributed by atoms with Crippen molar-refractivity contribution in [3.8, 4) is 0 Å². The Hall–Kier alpha value is -0.710. The molecule has 0 atom stereocenters. The number of hydrazine groups is 1. The van der Waals surface area contributed by atoms with Gasteiger partial charge in [0.25, 0.3) is 0 Å². The van der Waals surface area contributed by atoms with Crippen molar-refractivity contribution in [2.24, 2.45) is 5.28 Å². The summed E-state index contributed by atoms with van der Waals surface area (Å²) >= 11 is 5.15. The molecule has 0 spiro atoms. The van der Waals surface area contributed by atoms with Gasteiger partial charge in [0.15, 0.2) is 6.07 Å². The van der Waals surface area contributed by atoms with Gasteiger partial charge in [0.05, 0.1) is 18.1 Å². The van der Waals surface area contributed by atoms with Gasteiger partial charge in [-0.25, -0.2) is 0 Å². The van der Waals surface area contributed by atoms with Crippen LogP contribution in [0.1, 0.15) is 12.8 Å². The van der Waals surface area contributed by atoms with Crippen LogP contribution in [0, 0.1) is 5.21 Å². The normalized spacial score (nSPS) is 19.0. The first-order valence-corrected chi connectivity index (χ1v) is 3.99. The highest BCUT2D eigenvalue weighted by Gasteiger charge is 2.18. The summed E-state index contributed by atoms with van der Waals surface area (Å²) in [7, 11) is 0. The smallest absolute Gasteiger partial charge is 0.234 e. The Balaban J connectivity index is 2.32. The monoisotopic (exact) mass is 179 g/mol. The van der Waals surface area contributed by atoms with Gasteiger partial charge in [-0.3, -0.25) is 0 Å². The van der Waals surface area contributed by atoms with Crippen molar-refractivity contribution in [1.82, 2.24) is 5.01 Å². The third-order valence-corrected chi connectivity index (χ3v) is 1.60. The minimum Gasteiger partial charge on any atom is -0.569 e. The lowest BCUT2D eigenvalue weighted by atomic mass is 10.4. The van der Waals surface area contributed by atoms with Crippen molar-refractivity contribution < 1.29 is 9.81 Å². The first kappa shape index (κ1) is 8.39. The molecule has 0 N–H and O–H groups in total.